The van der Waals surface area contributed by atoms with Gasteiger partial charge in [-0.05, 0) is 24.6 Å². The number of nitrogen functional groups attached to an aromatic ring is 1. The first-order chi connectivity index (χ1) is 12.7. The Labute approximate surface area is 149 Å². The van der Waals surface area contributed by atoms with Gasteiger partial charge in [0.15, 0.2) is 0 Å². The second-order valence-corrected chi connectivity index (χ2v) is 5.91. The van der Waals surface area contributed by atoms with Crippen LogP contribution in [-0.2, 0) is 6.54 Å². The molecule has 0 fully saturated rings. The largest absolute Gasteiger partial charge is 0.383 e. The average molecular weight is 344 g/mol. The number of anilines is 1. The van der Waals surface area contributed by atoms with Gasteiger partial charge < -0.3 is 10.7 Å². The minimum absolute atomic E-state index is 0.185. The standard InChI is InChI=1S/C18H16N8/c1-2-5-26-17-4-3-11(6-15(17)24-25-26)14-7-12(16-9-21-10-22-16)13(8-19)18(20)23-14/h3-4,6-7,9-10H,2,5H2,1H3,(H2,20,23)(H,21,22). The van der Waals surface area contributed by atoms with Crippen LogP contribution in [0.15, 0.2) is 36.8 Å². The Morgan fingerprint density at radius 2 is 2.19 bits per heavy atom. The molecule has 0 aliphatic heterocycles. The molecule has 0 unspecified atom stereocenters. The van der Waals surface area contributed by atoms with Crippen LogP contribution < -0.4 is 5.73 Å². The Bertz CT molecular complexity index is 1120. The number of benzene rings is 1. The van der Waals surface area contributed by atoms with Gasteiger partial charge in [0.05, 0.1) is 29.4 Å². The Morgan fingerprint density at radius 1 is 1.31 bits per heavy atom. The van der Waals surface area contributed by atoms with Crippen molar-refractivity contribution in [2.75, 3.05) is 5.73 Å². The van der Waals surface area contributed by atoms with Crippen LogP contribution in [0, 0.1) is 11.3 Å². The molecular formula is C18H16N8. The van der Waals surface area contributed by atoms with Crippen LogP contribution in [-0.4, -0.2) is 29.9 Å². The molecule has 0 bridgehead atoms. The maximum absolute atomic E-state index is 9.43. The molecule has 26 heavy (non-hydrogen) atoms. The van der Waals surface area contributed by atoms with Crippen LogP contribution in [0.4, 0.5) is 5.82 Å². The fraction of sp³-hybridized carbons (Fsp3) is 0.167. The van der Waals surface area contributed by atoms with E-state index < -0.39 is 0 Å². The predicted octanol–water partition coefficient (Wildman–Crippen LogP) is 2.75. The summed E-state index contributed by atoms with van der Waals surface area (Å²) in [5.74, 6) is 0.185. The van der Waals surface area contributed by atoms with Crippen molar-refractivity contribution in [3.05, 3.63) is 42.4 Å². The van der Waals surface area contributed by atoms with E-state index in [9.17, 15) is 5.26 Å². The average Bonchev–Trinajstić information content (AvgIpc) is 3.31. The molecule has 128 valence electrons. The number of fused-ring (bicyclic) bond motifs is 1. The zero-order chi connectivity index (χ0) is 18.1. The van der Waals surface area contributed by atoms with Crippen LogP contribution in [0.2, 0.25) is 0 Å². The summed E-state index contributed by atoms with van der Waals surface area (Å²) >= 11 is 0. The molecular weight excluding hydrogens is 328 g/mol. The van der Waals surface area contributed by atoms with E-state index in [4.69, 9.17) is 5.73 Å². The van der Waals surface area contributed by atoms with Crippen LogP contribution >= 0.6 is 0 Å². The quantitative estimate of drug-likeness (QED) is 0.587. The summed E-state index contributed by atoms with van der Waals surface area (Å²) in [5.41, 5.74) is 11.0. The smallest absolute Gasteiger partial charge is 0.142 e. The summed E-state index contributed by atoms with van der Waals surface area (Å²) in [4.78, 5) is 11.4. The van der Waals surface area contributed by atoms with E-state index in [1.165, 1.54) is 0 Å². The molecule has 8 nitrogen and oxygen atoms in total. The zero-order valence-electron chi connectivity index (χ0n) is 14.1. The van der Waals surface area contributed by atoms with E-state index in [0.29, 0.717) is 22.5 Å². The van der Waals surface area contributed by atoms with E-state index in [2.05, 4.69) is 38.3 Å². The number of aromatic amines is 1. The van der Waals surface area contributed by atoms with Crippen molar-refractivity contribution in [1.82, 2.24) is 29.9 Å². The van der Waals surface area contributed by atoms with E-state index in [1.807, 2.05) is 28.9 Å². The fourth-order valence-corrected chi connectivity index (χ4v) is 2.95. The first-order valence-corrected chi connectivity index (χ1v) is 8.24. The van der Waals surface area contributed by atoms with E-state index in [-0.39, 0.29) is 5.82 Å². The van der Waals surface area contributed by atoms with Crippen molar-refractivity contribution in [2.24, 2.45) is 0 Å². The number of aromatic nitrogens is 6. The van der Waals surface area contributed by atoms with Crippen molar-refractivity contribution < 1.29 is 0 Å². The van der Waals surface area contributed by atoms with E-state index in [0.717, 1.165) is 29.6 Å². The summed E-state index contributed by atoms with van der Waals surface area (Å²) in [6.07, 6.45) is 4.20. The number of imidazole rings is 1. The zero-order valence-corrected chi connectivity index (χ0v) is 14.1. The number of H-pyrrole nitrogens is 1. The molecule has 3 N–H and O–H groups in total. The third-order valence-corrected chi connectivity index (χ3v) is 4.19. The van der Waals surface area contributed by atoms with Crippen molar-refractivity contribution in [3.63, 3.8) is 0 Å². The lowest BCUT2D eigenvalue weighted by Crippen LogP contribution is -2.00. The molecule has 0 aliphatic rings. The van der Waals surface area contributed by atoms with Crippen molar-refractivity contribution in [3.8, 4) is 28.6 Å². The molecule has 3 aromatic heterocycles. The molecule has 1 aromatic carbocycles. The third kappa shape index (κ3) is 2.56. The van der Waals surface area contributed by atoms with Gasteiger partial charge in [0.2, 0.25) is 0 Å². The summed E-state index contributed by atoms with van der Waals surface area (Å²) in [5, 5.41) is 17.9. The highest BCUT2D eigenvalue weighted by molar-refractivity contribution is 5.83. The van der Waals surface area contributed by atoms with Crippen molar-refractivity contribution in [2.45, 2.75) is 19.9 Å². The number of nitriles is 1. The minimum atomic E-state index is 0.185. The molecule has 0 amide bonds. The van der Waals surface area contributed by atoms with Crippen LogP contribution in [0.5, 0.6) is 0 Å². The Balaban J connectivity index is 1.86. The molecule has 3 heterocycles. The molecule has 0 saturated carbocycles. The number of nitrogens with one attached hydrogen (secondary N) is 1. The lowest BCUT2D eigenvalue weighted by molar-refractivity contribution is 0.596. The number of aryl methyl sites for hydroxylation is 1. The van der Waals surface area contributed by atoms with Crippen molar-refractivity contribution in [1.29, 1.82) is 5.26 Å². The SMILES string of the molecule is CCCn1nnc2cc(-c3cc(-c4cnc[nH]4)c(C#N)c(N)n3)ccc21. The molecule has 4 rings (SSSR count). The van der Waals surface area contributed by atoms with Gasteiger partial charge in [-0.25, -0.2) is 14.6 Å². The number of pyridine rings is 1. The third-order valence-electron chi connectivity index (χ3n) is 4.19. The lowest BCUT2D eigenvalue weighted by Gasteiger charge is -2.09. The van der Waals surface area contributed by atoms with Gasteiger partial charge in [-0.1, -0.05) is 18.2 Å². The molecule has 8 heteroatoms. The normalized spacial score (nSPS) is 10.9. The van der Waals surface area contributed by atoms with Gasteiger partial charge >= 0.3 is 0 Å². The molecule has 4 aromatic rings. The minimum Gasteiger partial charge on any atom is -0.383 e. The second kappa shape index (κ2) is 6.29. The first kappa shape index (κ1) is 15.8. The molecule has 0 atom stereocenters. The highest BCUT2D eigenvalue weighted by Crippen LogP contribution is 2.30. The fourth-order valence-electron chi connectivity index (χ4n) is 2.95. The second-order valence-electron chi connectivity index (χ2n) is 5.91. The van der Waals surface area contributed by atoms with Gasteiger partial charge in [0.1, 0.15) is 23.0 Å². The lowest BCUT2D eigenvalue weighted by atomic mass is 10.0. The van der Waals surface area contributed by atoms with Crippen LogP contribution in [0.25, 0.3) is 33.5 Å². The Hall–Kier alpha value is -3.73. The van der Waals surface area contributed by atoms with E-state index >= 15 is 0 Å². The summed E-state index contributed by atoms with van der Waals surface area (Å²) < 4.78 is 1.88. The van der Waals surface area contributed by atoms with Gasteiger partial charge in [-0.15, -0.1) is 5.10 Å². The number of nitrogens with zero attached hydrogens (tertiary/aromatic N) is 6. The van der Waals surface area contributed by atoms with Crippen LogP contribution in [0.3, 0.4) is 0 Å². The number of hydrogen-bond acceptors (Lipinski definition) is 6. The maximum Gasteiger partial charge on any atom is 0.142 e. The monoisotopic (exact) mass is 344 g/mol. The van der Waals surface area contributed by atoms with Gasteiger partial charge in [0.25, 0.3) is 0 Å². The maximum atomic E-state index is 9.43. The summed E-state index contributed by atoms with van der Waals surface area (Å²) in [6.45, 7) is 2.92. The summed E-state index contributed by atoms with van der Waals surface area (Å²) in [7, 11) is 0. The highest BCUT2D eigenvalue weighted by Gasteiger charge is 2.15. The van der Waals surface area contributed by atoms with Gasteiger partial charge in [0, 0.05) is 17.7 Å². The van der Waals surface area contributed by atoms with Gasteiger partial charge in [-0.2, -0.15) is 5.26 Å². The number of hydrogen-bond donors (Lipinski definition) is 2. The molecule has 0 spiro atoms. The number of rotatable bonds is 4. The topological polar surface area (TPSA) is 122 Å². The predicted molar refractivity (Wildman–Crippen MR) is 97.8 cm³/mol. The van der Waals surface area contributed by atoms with E-state index in [1.54, 1.807) is 12.5 Å². The van der Waals surface area contributed by atoms with Gasteiger partial charge in [-0.3, -0.25) is 0 Å². The van der Waals surface area contributed by atoms with Crippen molar-refractivity contribution >= 4 is 16.9 Å². The molecule has 0 aliphatic carbocycles. The Kier molecular flexibility index (Phi) is 3.82. The first-order valence-electron chi connectivity index (χ1n) is 8.24. The Morgan fingerprint density at radius 3 is 2.92 bits per heavy atom. The molecule has 0 radical (unpaired) electrons. The number of nitrogens with two attached hydrogens (primary N) is 1. The summed E-state index contributed by atoms with van der Waals surface area (Å²) in [6, 6.07) is 9.82. The van der Waals surface area contributed by atoms with Crippen LogP contribution in [0.1, 0.15) is 18.9 Å². The molecule has 0 saturated heterocycles. The highest BCUT2D eigenvalue weighted by atomic mass is 15.4.